The highest BCUT2D eigenvalue weighted by molar-refractivity contribution is 5.78. The number of benzene rings is 1. The van der Waals surface area contributed by atoms with E-state index in [1.54, 1.807) is 48.7 Å². The summed E-state index contributed by atoms with van der Waals surface area (Å²) in [5.41, 5.74) is 1.92. The Labute approximate surface area is 113 Å². The predicted octanol–water partition coefficient (Wildman–Crippen LogP) is 2.72. The molecule has 0 unspecified atom stereocenters. The van der Waals surface area contributed by atoms with Gasteiger partial charge in [-0.1, -0.05) is 30.3 Å². The van der Waals surface area contributed by atoms with E-state index in [1.807, 2.05) is 0 Å². The number of imidazole rings is 1. The molecule has 0 amide bonds. The number of hydrogen-bond donors (Lipinski definition) is 0. The minimum Gasteiger partial charge on any atom is -0.358 e. The summed E-state index contributed by atoms with van der Waals surface area (Å²) in [4.78, 5) is 25.8. The van der Waals surface area contributed by atoms with Crippen molar-refractivity contribution in [3.05, 3.63) is 64.3 Å². The molecular formula is C14H9N3O3. The fraction of sp³-hybridized carbons (Fsp3) is 0. The van der Waals surface area contributed by atoms with Crippen LogP contribution in [0.25, 0.3) is 16.9 Å². The molecule has 0 atom stereocenters. The molecule has 2 heterocycles. The van der Waals surface area contributed by atoms with Gasteiger partial charge in [0.15, 0.2) is 5.69 Å². The largest absolute Gasteiger partial charge is 0.358 e. The van der Waals surface area contributed by atoms with E-state index in [4.69, 9.17) is 0 Å². The minimum absolute atomic E-state index is 0.0838. The van der Waals surface area contributed by atoms with Gasteiger partial charge in [0, 0.05) is 17.2 Å². The number of nitrogens with zero attached hydrogens (tertiary/aromatic N) is 3. The van der Waals surface area contributed by atoms with Gasteiger partial charge in [0.05, 0.1) is 6.20 Å². The Hall–Kier alpha value is -3.02. The number of nitro groups is 1. The quantitative estimate of drug-likeness (QED) is 0.415. The summed E-state index contributed by atoms with van der Waals surface area (Å²) in [6, 6.07) is 11.7. The summed E-state index contributed by atoms with van der Waals surface area (Å²) in [6.07, 6.45) is 2.33. The van der Waals surface area contributed by atoms with Crippen molar-refractivity contribution < 1.29 is 9.72 Å². The third-order valence-electron chi connectivity index (χ3n) is 3.00. The molecule has 0 saturated heterocycles. The summed E-state index contributed by atoms with van der Waals surface area (Å²) < 4.78 is 1.43. The third kappa shape index (κ3) is 1.83. The second-order valence-electron chi connectivity index (χ2n) is 4.21. The highest BCUT2D eigenvalue weighted by atomic mass is 16.6. The standard InChI is InChI=1S/C14H9N3O3/c18-9-10-4-6-11(7-5-10)13-14(17(19)20)16-8-2-1-3-12(16)15-13/h1-9H. The lowest BCUT2D eigenvalue weighted by Crippen LogP contribution is -1.95. The summed E-state index contributed by atoms with van der Waals surface area (Å²) in [5, 5.41) is 11.3. The Bertz CT molecular complexity index is 806. The topological polar surface area (TPSA) is 77.5 Å². The Balaban J connectivity index is 2.26. The van der Waals surface area contributed by atoms with Gasteiger partial charge in [0.1, 0.15) is 6.29 Å². The monoisotopic (exact) mass is 267 g/mol. The van der Waals surface area contributed by atoms with Crippen LogP contribution in [-0.2, 0) is 0 Å². The molecule has 20 heavy (non-hydrogen) atoms. The number of rotatable bonds is 3. The van der Waals surface area contributed by atoms with Crippen molar-refractivity contribution in [2.75, 3.05) is 0 Å². The maximum Gasteiger partial charge on any atom is 0.355 e. The first kappa shape index (κ1) is 12.0. The van der Waals surface area contributed by atoms with Crippen LogP contribution in [0.5, 0.6) is 0 Å². The molecule has 6 heteroatoms. The summed E-state index contributed by atoms with van der Waals surface area (Å²) in [7, 11) is 0. The smallest absolute Gasteiger partial charge is 0.355 e. The maximum absolute atomic E-state index is 11.3. The molecule has 1 aromatic carbocycles. The lowest BCUT2D eigenvalue weighted by atomic mass is 10.1. The molecule has 0 aliphatic carbocycles. The minimum atomic E-state index is -0.455. The second kappa shape index (κ2) is 4.58. The second-order valence-corrected chi connectivity index (χ2v) is 4.21. The Morgan fingerprint density at radius 1 is 1.15 bits per heavy atom. The lowest BCUT2D eigenvalue weighted by Gasteiger charge is -1.99. The molecule has 0 aliphatic rings. The molecule has 0 bridgehead atoms. The van der Waals surface area contributed by atoms with E-state index in [-0.39, 0.29) is 5.82 Å². The van der Waals surface area contributed by atoms with Crippen LogP contribution in [0.2, 0.25) is 0 Å². The lowest BCUT2D eigenvalue weighted by molar-refractivity contribution is -0.389. The first-order valence-corrected chi connectivity index (χ1v) is 5.88. The van der Waals surface area contributed by atoms with Crippen LogP contribution in [0.4, 0.5) is 5.82 Å². The van der Waals surface area contributed by atoms with Crippen molar-refractivity contribution >= 4 is 17.8 Å². The highest BCUT2D eigenvalue weighted by Crippen LogP contribution is 2.30. The van der Waals surface area contributed by atoms with E-state index in [0.29, 0.717) is 22.5 Å². The summed E-state index contributed by atoms with van der Waals surface area (Å²) in [5.74, 6) is -0.0838. The number of carbonyl (C=O) groups excluding carboxylic acids is 1. The van der Waals surface area contributed by atoms with Gasteiger partial charge in [-0.05, 0) is 11.0 Å². The fourth-order valence-electron chi connectivity index (χ4n) is 2.07. The van der Waals surface area contributed by atoms with Gasteiger partial charge in [0.2, 0.25) is 5.65 Å². The SMILES string of the molecule is O=Cc1ccc(-c2nc3ccccn3c2[N+](=O)[O-])cc1. The van der Waals surface area contributed by atoms with Crippen molar-refractivity contribution in [3.8, 4) is 11.3 Å². The summed E-state index contributed by atoms with van der Waals surface area (Å²) >= 11 is 0. The maximum atomic E-state index is 11.3. The molecule has 0 spiro atoms. The van der Waals surface area contributed by atoms with E-state index in [1.165, 1.54) is 4.40 Å². The first-order chi connectivity index (χ1) is 9.70. The van der Waals surface area contributed by atoms with E-state index < -0.39 is 4.92 Å². The molecule has 98 valence electrons. The molecule has 0 radical (unpaired) electrons. The summed E-state index contributed by atoms with van der Waals surface area (Å²) in [6.45, 7) is 0. The zero-order valence-electron chi connectivity index (χ0n) is 10.3. The Morgan fingerprint density at radius 2 is 1.90 bits per heavy atom. The van der Waals surface area contributed by atoms with Crippen LogP contribution < -0.4 is 0 Å². The zero-order chi connectivity index (χ0) is 14.1. The van der Waals surface area contributed by atoms with Gasteiger partial charge in [-0.3, -0.25) is 4.79 Å². The van der Waals surface area contributed by atoms with E-state index in [0.717, 1.165) is 6.29 Å². The Kier molecular flexibility index (Phi) is 2.76. The van der Waals surface area contributed by atoms with Gasteiger partial charge >= 0.3 is 5.82 Å². The van der Waals surface area contributed by atoms with E-state index in [9.17, 15) is 14.9 Å². The van der Waals surface area contributed by atoms with Crippen molar-refractivity contribution in [1.82, 2.24) is 9.38 Å². The Morgan fingerprint density at radius 3 is 2.55 bits per heavy atom. The number of aromatic nitrogens is 2. The average molecular weight is 267 g/mol. The molecule has 2 aromatic heterocycles. The molecular weight excluding hydrogens is 258 g/mol. The number of carbonyl (C=O) groups is 1. The van der Waals surface area contributed by atoms with Gasteiger partial charge in [-0.25, -0.2) is 0 Å². The van der Waals surface area contributed by atoms with Crippen LogP contribution in [-0.4, -0.2) is 20.6 Å². The van der Waals surface area contributed by atoms with Crippen LogP contribution in [0, 0.1) is 10.1 Å². The molecule has 3 aromatic rings. The molecule has 6 nitrogen and oxygen atoms in total. The highest BCUT2D eigenvalue weighted by Gasteiger charge is 2.23. The van der Waals surface area contributed by atoms with Crippen LogP contribution in [0.1, 0.15) is 10.4 Å². The van der Waals surface area contributed by atoms with Crippen LogP contribution in [0.15, 0.2) is 48.7 Å². The van der Waals surface area contributed by atoms with E-state index in [2.05, 4.69) is 4.98 Å². The zero-order valence-corrected chi connectivity index (χ0v) is 10.3. The molecule has 0 saturated carbocycles. The van der Waals surface area contributed by atoms with Gasteiger partial charge < -0.3 is 10.1 Å². The average Bonchev–Trinajstić information content (AvgIpc) is 2.86. The predicted molar refractivity (Wildman–Crippen MR) is 72.7 cm³/mol. The first-order valence-electron chi connectivity index (χ1n) is 5.88. The van der Waals surface area contributed by atoms with Crippen molar-refractivity contribution in [2.24, 2.45) is 0 Å². The number of aldehydes is 1. The number of fused-ring (bicyclic) bond motifs is 1. The van der Waals surface area contributed by atoms with Crippen LogP contribution >= 0.6 is 0 Å². The van der Waals surface area contributed by atoms with Crippen molar-refractivity contribution in [2.45, 2.75) is 0 Å². The van der Waals surface area contributed by atoms with Crippen molar-refractivity contribution in [1.29, 1.82) is 0 Å². The molecule has 3 rings (SSSR count). The normalized spacial score (nSPS) is 10.6. The fourth-order valence-corrected chi connectivity index (χ4v) is 2.07. The van der Waals surface area contributed by atoms with Gasteiger partial charge in [-0.2, -0.15) is 9.38 Å². The van der Waals surface area contributed by atoms with Crippen molar-refractivity contribution in [3.63, 3.8) is 0 Å². The van der Waals surface area contributed by atoms with Gasteiger partial charge in [0.25, 0.3) is 0 Å². The third-order valence-corrected chi connectivity index (χ3v) is 3.00. The van der Waals surface area contributed by atoms with Gasteiger partial charge in [-0.15, -0.1) is 0 Å². The molecule has 0 aliphatic heterocycles. The number of hydrogen-bond acceptors (Lipinski definition) is 4. The molecule has 0 N–H and O–H groups in total. The molecule has 0 fully saturated rings. The van der Waals surface area contributed by atoms with E-state index >= 15 is 0 Å². The number of pyridine rings is 1. The van der Waals surface area contributed by atoms with Crippen LogP contribution in [0.3, 0.4) is 0 Å².